The SMILES string of the molecule is CCc1cc(C)c(=O)[nH]c1-c1ccccc1N1CCCC1. The van der Waals surface area contributed by atoms with Crippen molar-refractivity contribution in [2.24, 2.45) is 0 Å². The van der Waals surface area contributed by atoms with Crippen LogP contribution in [0.25, 0.3) is 11.3 Å². The molecule has 21 heavy (non-hydrogen) atoms. The van der Waals surface area contributed by atoms with Crippen LogP contribution in [0.3, 0.4) is 0 Å². The predicted molar refractivity (Wildman–Crippen MR) is 88.1 cm³/mol. The number of para-hydroxylation sites is 1. The third-order valence-corrected chi connectivity index (χ3v) is 4.31. The van der Waals surface area contributed by atoms with Gasteiger partial charge in [-0.2, -0.15) is 0 Å². The Labute approximate surface area is 125 Å². The standard InChI is InChI=1S/C18H22N2O/c1-3-14-12-13(2)18(21)19-17(14)15-8-4-5-9-16(15)20-10-6-7-11-20/h4-5,8-9,12H,3,6-7,10-11H2,1-2H3,(H,19,21). The summed E-state index contributed by atoms with van der Waals surface area (Å²) in [6.07, 6.45) is 3.42. The number of benzene rings is 1. The van der Waals surface area contributed by atoms with Gasteiger partial charge in [0.25, 0.3) is 5.56 Å². The Bertz CT molecular complexity index is 697. The zero-order chi connectivity index (χ0) is 14.8. The van der Waals surface area contributed by atoms with Gasteiger partial charge in [-0.05, 0) is 43.9 Å². The monoisotopic (exact) mass is 282 g/mol. The van der Waals surface area contributed by atoms with Gasteiger partial charge in [0.2, 0.25) is 0 Å². The van der Waals surface area contributed by atoms with E-state index in [4.69, 9.17) is 0 Å². The summed E-state index contributed by atoms with van der Waals surface area (Å²) in [5, 5.41) is 0. The Morgan fingerprint density at radius 2 is 1.90 bits per heavy atom. The maximum Gasteiger partial charge on any atom is 0.251 e. The van der Waals surface area contributed by atoms with E-state index in [2.05, 4.69) is 35.0 Å². The summed E-state index contributed by atoms with van der Waals surface area (Å²) in [4.78, 5) is 17.6. The molecule has 0 aliphatic carbocycles. The lowest BCUT2D eigenvalue weighted by Gasteiger charge is -2.22. The summed E-state index contributed by atoms with van der Waals surface area (Å²) in [6, 6.07) is 10.4. The fraction of sp³-hybridized carbons (Fsp3) is 0.389. The Morgan fingerprint density at radius 1 is 1.19 bits per heavy atom. The van der Waals surface area contributed by atoms with E-state index in [9.17, 15) is 4.79 Å². The van der Waals surface area contributed by atoms with Crippen molar-refractivity contribution in [1.82, 2.24) is 4.98 Å². The first-order valence-electron chi connectivity index (χ1n) is 7.78. The van der Waals surface area contributed by atoms with Gasteiger partial charge in [0.15, 0.2) is 0 Å². The topological polar surface area (TPSA) is 36.1 Å². The number of aryl methyl sites for hydroxylation is 2. The van der Waals surface area contributed by atoms with Gasteiger partial charge in [0.1, 0.15) is 0 Å². The van der Waals surface area contributed by atoms with Gasteiger partial charge in [0.05, 0.1) is 5.69 Å². The van der Waals surface area contributed by atoms with E-state index in [1.54, 1.807) is 0 Å². The molecule has 0 spiro atoms. The van der Waals surface area contributed by atoms with Crippen LogP contribution in [0.4, 0.5) is 5.69 Å². The number of rotatable bonds is 3. The van der Waals surface area contributed by atoms with Crippen LogP contribution in [0, 0.1) is 6.92 Å². The van der Waals surface area contributed by atoms with Crippen molar-refractivity contribution in [2.45, 2.75) is 33.1 Å². The van der Waals surface area contributed by atoms with E-state index in [-0.39, 0.29) is 5.56 Å². The quantitative estimate of drug-likeness (QED) is 0.935. The van der Waals surface area contributed by atoms with Crippen molar-refractivity contribution in [2.75, 3.05) is 18.0 Å². The highest BCUT2D eigenvalue weighted by atomic mass is 16.1. The number of hydrogen-bond acceptors (Lipinski definition) is 2. The average Bonchev–Trinajstić information content (AvgIpc) is 3.04. The van der Waals surface area contributed by atoms with Crippen LogP contribution in [-0.4, -0.2) is 18.1 Å². The lowest BCUT2D eigenvalue weighted by molar-refractivity contribution is 0.949. The zero-order valence-electron chi connectivity index (χ0n) is 12.8. The molecule has 0 bridgehead atoms. The maximum absolute atomic E-state index is 12.0. The van der Waals surface area contributed by atoms with Crippen LogP contribution in [0.5, 0.6) is 0 Å². The van der Waals surface area contributed by atoms with Crippen LogP contribution < -0.4 is 10.5 Å². The minimum Gasteiger partial charge on any atom is -0.371 e. The van der Waals surface area contributed by atoms with E-state index in [1.807, 2.05) is 19.1 Å². The van der Waals surface area contributed by atoms with Crippen molar-refractivity contribution >= 4 is 5.69 Å². The molecule has 0 unspecified atom stereocenters. The third kappa shape index (κ3) is 2.60. The second kappa shape index (κ2) is 5.76. The molecule has 1 saturated heterocycles. The van der Waals surface area contributed by atoms with Crippen molar-refractivity contribution < 1.29 is 0 Å². The second-order valence-corrected chi connectivity index (χ2v) is 5.75. The summed E-state index contributed by atoms with van der Waals surface area (Å²) >= 11 is 0. The van der Waals surface area contributed by atoms with E-state index < -0.39 is 0 Å². The molecular weight excluding hydrogens is 260 g/mol. The molecule has 110 valence electrons. The highest BCUT2D eigenvalue weighted by molar-refractivity contribution is 5.78. The normalized spacial score (nSPS) is 14.7. The molecule has 0 amide bonds. The zero-order valence-corrected chi connectivity index (χ0v) is 12.8. The van der Waals surface area contributed by atoms with Crippen molar-refractivity contribution in [1.29, 1.82) is 0 Å². The smallest absolute Gasteiger partial charge is 0.251 e. The highest BCUT2D eigenvalue weighted by Gasteiger charge is 2.18. The van der Waals surface area contributed by atoms with E-state index >= 15 is 0 Å². The number of H-pyrrole nitrogens is 1. The Balaban J connectivity index is 2.16. The molecule has 2 aromatic rings. The van der Waals surface area contributed by atoms with Crippen LogP contribution >= 0.6 is 0 Å². The number of nitrogens with zero attached hydrogens (tertiary/aromatic N) is 1. The number of hydrogen-bond donors (Lipinski definition) is 1. The predicted octanol–water partition coefficient (Wildman–Crippen LogP) is 3.51. The van der Waals surface area contributed by atoms with Gasteiger partial charge < -0.3 is 9.88 Å². The van der Waals surface area contributed by atoms with Crippen LogP contribution in [-0.2, 0) is 6.42 Å². The molecule has 1 aromatic carbocycles. The first kappa shape index (κ1) is 13.9. The van der Waals surface area contributed by atoms with Gasteiger partial charge in [-0.1, -0.05) is 25.1 Å². The van der Waals surface area contributed by atoms with Crippen molar-refractivity contribution in [3.63, 3.8) is 0 Å². The summed E-state index contributed by atoms with van der Waals surface area (Å²) in [7, 11) is 0. The minimum absolute atomic E-state index is 0.0124. The summed E-state index contributed by atoms with van der Waals surface area (Å²) < 4.78 is 0. The third-order valence-electron chi connectivity index (χ3n) is 4.31. The lowest BCUT2D eigenvalue weighted by atomic mass is 10.0. The first-order chi connectivity index (χ1) is 10.2. The summed E-state index contributed by atoms with van der Waals surface area (Å²) in [5.74, 6) is 0. The molecule has 1 aromatic heterocycles. The fourth-order valence-electron chi connectivity index (χ4n) is 3.13. The number of aromatic nitrogens is 1. The molecule has 0 saturated carbocycles. The molecule has 3 rings (SSSR count). The van der Waals surface area contributed by atoms with Gasteiger partial charge >= 0.3 is 0 Å². The van der Waals surface area contributed by atoms with E-state index in [1.165, 1.54) is 24.1 Å². The van der Waals surface area contributed by atoms with Gasteiger partial charge in [0, 0.05) is 29.9 Å². The minimum atomic E-state index is 0.0124. The molecule has 3 nitrogen and oxygen atoms in total. The number of aromatic amines is 1. The van der Waals surface area contributed by atoms with Crippen LogP contribution in [0.2, 0.25) is 0 Å². The maximum atomic E-state index is 12.0. The van der Waals surface area contributed by atoms with Gasteiger partial charge in [-0.25, -0.2) is 0 Å². The Morgan fingerprint density at radius 3 is 2.62 bits per heavy atom. The van der Waals surface area contributed by atoms with Gasteiger partial charge in [-0.3, -0.25) is 4.79 Å². The van der Waals surface area contributed by atoms with E-state index in [0.29, 0.717) is 0 Å². The molecule has 3 heteroatoms. The number of nitrogens with one attached hydrogen (secondary N) is 1. The number of pyridine rings is 1. The molecule has 0 radical (unpaired) electrons. The highest BCUT2D eigenvalue weighted by Crippen LogP contribution is 2.33. The van der Waals surface area contributed by atoms with Crippen molar-refractivity contribution in [3.8, 4) is 11.3 Å². The molecule has 1 fully saturated rings. The van der Waals surface area contributed by atoms with Crippen LogP contribution in [0.1, 0.15) is 30.9 Å². The molecule has 1 N–H and O–H groups in total. The first-order valence-corrected chi connectivity index (χ1v) is 7.78. The molecule has 2 heterocycles. The van der Waals surface area contributed by atoms with Crippen LogP contribution in [0.15, 0.2) is 35.1 Å². The lowest BCUT2D eigenvalue weighted by Crippen LogP contribution is -2.19. The second-order valence-electron chi connectivity index (χ2n) is 5.75. The fourth-order valence-corrected chi connectivity index (χ4v) is 3.13. The molecule has 1 aliphatic heterocycles. The molecule has 0 atom stereocenters. The summed E-state index contributed by atoms with van der Waals surface area (Å²) in [5.41, 5.74) is 5.37. The molecule has 1 aliphatic rings. The summed E-state index contributed by atoms with van der Waals surface area (Å²) in [6.45, 7) is 6.21. The largest absolute Gasteiger partial charge is 0.371 e. The number of anilines is 1. The molecular formula is C18H22N2O. The van der Waals surface area contributed by atoms with E-state index in [0.717, 1.165) is 36.3 Å². The Kier molecular flexibility index (Phi) is 3.82. The van der Waals surface area contributed by atoms with Crippen molar-refractivity contribution in [3.05, 3.63) is 51.8 Å². The Hall–Kier alpha value is -2.03. The van der Waals surface area contributed by atoms with Gasteiger partial charge in [-0.15, -0.1) is 0 Å². The average molecular weight is 282 g/mol.